The third-order valence-electron chi connectivity index (χ3n) is 4.24. The lowest BCUT2D eigenvalue weighted by atomic mass is 10.1. The number of aromatic nitrogens is 5. The summed E-state index contributed by atoms with van der Waals surface area (Å²) in [6, 6.07) is 6.28. The lowest BCUT2D eigenvalue weighted by molar-refractivity contribution is -0.0930. The van der Waals surface area contributed by atoms with Crippen LogP contribution in [-0.2, 0) is 18.3 Å². The van der Waals surface area contributed by atoms with E-state index in [1.54, 1.807) is 4.68 Å². The molecule has 0 radical (unpaired) electrons. The van der Waals surface area contributed by atoms with E-state index in [1.807, 2.05) is 14.0 Å². The van der Waals surface area contributed by atoms with E-state index in [-0.39, 0.29) is 12.2 Å². The third-order valence-corrected chi connectivity index (χ3v) is 4.24. The van der Waals surface area contributed by atoms with Crippen molar-refractivity contribution in [2.75, 3.05) is 13.1 Å². The molecule has 1 saturated heterocycles. The van der Waals surface area contributed by atoms with Crippen LogP contribution in [0.4, 0.5) is 0 Å². The van der Waals surface area contributed by atoms with E-state index in [1.165, 1.54) is 5.56 Å². The van der Waals surface area contributed by atoms with Crippen LogP contribution >= 0.6 is 0 Å². The number of ether oxygens (including phenoxy) is 1. The molecule has 24 heavy (non-hydrogen) atoms. The largest absolute Gasteiger partial charge is 0.363 e. The number of aryl methyl sites for hydroxylation is 2. The fourth-order valence-electron chi connectivity index (χ4n) is 3.19. The number of hydrogen-bond acceptors (Lipinski definition) is 7. The summed E-state index contributed by atoms with van der Waals surface area (Å²) >= 11 is 0. The molecule has 1 aliphatic heterocycles. The first-order chi connectivity index (χ1) is 11.6. The van der Waals surface area contributed by atoms with Gasteiger partial charge >= 0.3 is 0 Å². The van der Waals surface area contributed by atoms with Gasteiger partial charge in [0.15, 0.2) is 5.82 Å². The van der Waals surface area contributed by atoms with Crippen molar-refractivity contribution < 1.29 is 9.26 Å². The molecule has 1 aromatic carbocycles. The van der Waals surface area contributed by atoms with E-state index in [4.69, 9.17) is 9.26 Å². The molecule has 0 N–H and O–H groups in total. The van der Waals surface area contributed by atoms with Crippen LogP contribution in [-0.4, -0.2) is 49.2 Å². The number of morpholine rings is 1. The standard InChI is InChI=1S/C16H20N6O2/c1-10-7-22(9-15(23-10)16-17-11(2)19-24-16)8-12-4-5-14-13(6-12)18-20-21(14)3/h4-6,10,15H,7-9H2,1-3H3/t10-,15-/m1/s1. The van der Waals surface area contributed by atoms with Gasteiger partial charge < -0.3 is 9.26 Å². The zero-order chi connectivity index (χ0) is 16.7. The Balaban J connectivity index is 1.51. The second-order valence-electron chi connectivity index (χ2n) is 6.35. The number of fused-ring (bicyclic) bond motifs is 1. The van der Waals surface area contributed by atoms with Gasteiger partial charge in [-0.05, 0) is 31.5 Å². The molecule has 0 unspecified atom stereocenters. The van der Waals surface area contributed by atoms with E-state index in [0.717, 1.165) is 30.7 Å². The maximum atomic E-state index is 5.96. The molecule has 2 atom stereocenters. The quantitative estimate of drug-likeness (QED) is 0.722. The van der Waals surface area contributed by atoms with Crippen molar-refractivity contribution in [3.63, 3.8) is 0 Å². The molecule has 0 aliphatic carbocycles. The highest BCUT2D eigenvalue weighted by Gasteiger charge is 2.30. The maximum Gasteiger partial charge on any atom is 0.257 e. The minimum atomic E-state index is -0.185. The van der Waals surface area contributed by atoms with Crippen molar-refractivity contribution in [1.29, 1.82) is 0 Å². The van der Waals surface area contributed by atoms with E-state index in [9.17, 15) is 0 Å². The third kappa shape index (κ3) is 2.90. The van der Waals surface area contributed by atoms with Crippen LogP contribution in [0.3, 0.4) is 0 Å². The molecule has 1 fully saturated rings. The maximum absolute atomic E-state index is 5.96. The van der Waals surface area contributed by atoms with E-state index >= 15 is 0 Å². The van der Waals surface area contributed by atoms with Crippen LogP contribution in [0.1, 0.15) is 30.3 Å². The molecule has 126 valence electrons. The normalized spacial score (nSPS) is 22.3. The first-order valence-electron chi connectivity index (χ1n) is 8.05. The van der Waals surface area contributed by atoms with Gasteiger partial charge in [-0.15, -0.1) is 5.10 Å². The Bertz CT molecular complexity index is 857. The fourth-order valence-corrected chi connectivity index (χ4v) is 3.19. The highest BCUT2D eigenvalue weighted by molar-refractivity contribution is 5.74. The van der Waals surface area contributed by atoms with E-state index < -0.39 is 0 Å². The second-order valence-corrected chi connectivity index (χ2v) is 6.35. The lowest BCUT2D eigenvalue weighted by Crippen LogP contribution is -2.42. The highest BCUT2D eigenvalue weighted by atomic mass is 16.5. The summed E-state index contributed by atoms with van der Waals surface area (Å²) in [4.78, 5) is 6.65. The summed E-state index contributed by atoms with van der Waals surface area (Å²) < 4.78 is 13.0. The SMILES string of the molecule is Cc1noc([C@H]2CN(Cc3ccc4c(c3)nnn4C)C[C@@H](C)O2)n1. The molecule has 1 aliphatic rings. The summed E-state index contributed by atoms with van der Waals surface area (Å²) in [5, 5.41) is 12.1. The van der Waals surface area contributed by atoms with Crippen molar-refractivity contribution in [2.45, 2.75) is 32.6 Å². The summed E-state index contributed by atoms with van der Waals surface area (Å²) in [5.41, 5.74) is 3.16. The Labute approximate surface area is 139 Å². The van der Waals surface area contributed by atoms with Gasteiger partial charge in [-0.3, -0.25) is 4.90 Å². The fraction of sp³-hybridized carbons (Fsp3) is 0.500. The number of hydrogen-bond donors (Lipinski definition) is 0. The van der Waals surface area contributed by atoms with Gasteiger partial charge in [-0.1, -0.05) is 16.4 Å². The number of nitrogens with zero attached hydrogens (tertiary/aromatic N) is 6. The predicted molar refractivity (Wildman–Crippen MR) is 86.1 cm³/mol. The lowest BCUT2D eigenvalue weighted by Gasteiger charge is -2.35. The molecule has 0 spiro atoms. The van der Waals surface area contributed by atoms with Gasteiger partial charge in [0.1, 0.15) is 11.6 Å². The monoisotopic (exact) mass is 328 g/mol. The Hall–Kier alpha value is -2.32. The van der Waals surface area contributed by atoms with Gasteiger partial charge in [-0.25, -0.2) is 4.68 Å². The molecule has 0 bridgehead atoms. The van der Waals surface area contributed by atoms with Gasteiger partial charge in [0.05, 0.1) is 11.6 Å². The first-order valence-corrected chi connectivity index (χ1v) is 8.05. The van der Waals surface area contributed by atoms with Crippen LogP contribution in [0.15, 0.2) is 22.7 Å². The molecule has 0 saturated carbocycles. The molecule has 4 rings (SSSR count). The summed E-state index contributed by atoms with van der Waals surface area (Å²) in [5.74, 6) is 1.18. The Morgan fingerprint density at radius 1 is 1.29 bits per heavy atom. The zero-order valence-corrected chi connectivity index (χ0v) is 14.0. The van der Waals surface area contributed by atoms with Crippen molar-refractivity contribution >= 4 is 11.0 Å². The van der Waals surface area contributed by atoms with Gasteiger partial charge in [0.25, 0.3) is 5.89 Å². The molecular formula is C16H20N6O2. The Morgan fingerprint density at radius 2 is 2.17 bits per heavy atom. The minimum absolute atomic E-state index is 0.108. The van der Waals surface area contributed by atoms with Crippen LogP contribution < -0.4 is 0 Å². The molecular weight excluding hydrogens is 308 g/mol. The van der Waals surface area contributed by atoms with Crippen LogP contribution in [0.2, 0.25) is 0 Å². The van der Waals surface area contributed by atoms with Crippen molar-refractivity contribution in [3.8, 4) is 0 Å². The van der Waals surface area contributed by atoms with Crippen LogP contribution in [0.25, 0.3) is 11.0 Å². The molecule has 0 amide bonds. The smallest absolute Gasteiger partial charge is 0.257 e. The molecule has 3 heterocycles. The average Bonchev–Trinajstić information content (AvgIpc) is 3.13. The minimum Gasteiger partial charge on any atom is -0.363 e. The molecule has 8 nitrogen and oxygen atoms in total. The van der Waals surface area contributed by atoms with Crippen LogP contribution in [0.5, 0.6) is 0 Å². The van der Waals surface area contributed by atoms with Gasteiger partial charge in [0, 0.05) is 26.7 Å². The van der Waals surface area contributed by atoms with Crippen molar-refractivity contribution in [2.24, 2.45) is 7.05 Å². The Kier molecular flexibility index (Phi) is 3.78. The van der Waals surface area contributed by atoms with E-state index in [0.29, 0.717) is 11.7 Å². The summed E-state index contributed by atoms with van der Waals surface area (Å²) in [6.07, 6.45) is -0.0774. The summed E-state index contributed by atoms with van der Waals surface area (Å²) in [6.45, 7) is 6.29. The topological polar surface area (TPSA) is 82.1 Å². The first kappa shape index (κ1) is 15.2. The Morgan fingerprint density at radius 3 is 2.96 bits per heavy atom. The molecule has 8 heteroatoms. The van der Waals surface area contributed by atoms with Gasteiger partial charge in [0.2, 0.25) is 0 Å². The number of rotatable bonds is 3. The van der Waals surface area contributed by atoms with Crippen molar-refractivity contribution in [1.82, 2.24) is 30.0 Å². The molecule has 2 aromatic heterocycles. The highest BCUT2D eigenvalue weighted by Crippen LogP contribution is 2.25. The van der Waals surface area contributed by atoms with E-state index in [2.05, 4.69) is 50.5 Å². The van der Waals surface area contributed by atoms with Gasteiger partial charge in [-0.2, -0.15) is 4.98 Å². The van der Waals surface area contributed by atoms with Crippen LogP contribution in [0, 0.1) is 6.92 Å². The van der Waals surface area contributed by atoms with Crippen molar-refractivity contribution in [3.05, 3.63) is 35.5 Å². The second kappa shape index (κ2) is 5.95. The molecule has 3 aromatic rings. The number of benzene rings is 1. The average molecular weight is 328 g/mol. The predicted octanol–water partition coefficient (Wildman–Crippen LogP) is 1.62. The zero-order valence-electron chi connectivity index (χ0n) is 14.0. The summed E-state index contributed by atoms with van der Waals surface area (Å²) in [7, 11) is 1.90.